The first kappa shape index (κ1) is 20.1. The molecular weight excluding hydrogens is 378 g/mol. The van der Waals surface area contributed by atoms with Crippen molar-refractivity contribution in [2.45, 2.75) is 32.2 Å². The highest BCUT2D eigenvalue weighted by Gasteiger charge is 2.28. The zero-order valence-electron chi connectivity index (χ0n) is 17.0. The van der Waals surface area contributed by atoms with Gasteiger partial charge in [0.15, 0.2) is 0 Å². The van der Waals surface area contributed by atoms with E-state index in [1.165, 1.54) is 0 Å². The molecule has 2 aliphatic heterocycles. The highest BCUT2D eigenvalue weighted by atomic mass is 16.2. The van der Waals surface area contributed by atoms with Gasteiger partial charge in [0.25, 0.3) is 5.91 Å². The van der Waals surface area contributed by atoms with Crippen molar-refractivity contribution in [2.75, 3.05) is 25.0 Å². The van der Waals surface area contributed by atoms with Gasteiger partial charge in [0.05, 0.1) is 0 Å². The van der Waals surface area contributed by atoms with Crippen LogP contribution in [0.4, 0.5) is 5.69 Å². The zero-order valence-corrected chi connectivity index (χ0v) is 17.0. The van der Waals surface area contributed by atoms with E-state index >= 15 is 0 Å². The monoisotopic (exact) mass is 405 g/mol. The molecule has 2 fully saturated rings. The van der Waals surface area contributed by atoms with Gasteiger partial charge in [0.2, 0.25) is 11.8 Å². The number of nitrogens with one attached hydrogen (secondary N) is 1. The molecule has 2 aliphatic rings. The van der Waals surface area contributed by atoms with Crippen molar-refractivity contribution in [1.29, 1.82) is 0 Å². The molecule has 3 amide bonds. The van der Waals surface area contributed by atoms with Gasteiger partial charge in [-0.3, -0.25) is 14.4 Å². The third-order valence-corrected chi connectivity index (χ3v) is 5.91. The van der Waals surface area contributed by atoms with Gasteiger partial charge in [-0.15, -0.1) is 0 Å². The predicted molar refractivity (Wildman–Crippen MR) is 115 cm³/mol. The fourth-order valence-corrected chi connectivity index (χ4v) is 4.19. The summed E-state index contributed by atoms with van der Waals surface area (Å²) >= 11 is 0. The summed E-state index contributed by atoms with van der Waals surface area (Å²) in [6.07, 6.45) is 2.84. The number of anilines is 1. The van der Waals surface area contributed by atoms with Crippen LogP contribution < -0.4 is 5.32 Å². The molecule has 2 saturated heterocycles. The number of likely N-dealkylation sites (tertiary alicyclic amines) is 2. The van der Waals surface area contributed by atoms with Crippen LogP contribution in [0.15, 0.2) is 54.6 Å². The van der Waals surface area contributed by atoms with E-state index in [2.05, 4.69) is 5.32 Å². The summed E-state index contributed by atoms with van der Waals surface area (Å²) in [6.45, 7) is 2.48. The molecule has 2 heterocycles. The molecule has 0 saturated carbocycles. The lowest BCUT2D eigenvalue weighted by atomic mass is 9.95. The number of piperidine rings is 1. The summed E-state index contributed by atoms with van der Waals surface area (Å²) in [5, 5.41) is 2.96. The third-order valence-electron chi connectivity index (χ3n) is 5.91. The van der Waals surface area contributed by atoms with Crippen LogP contribution in [0.1, 0.15) is 41.6 Å². The Bertz CT molecular complexity index is 920. The zero-order chi connectivity index (χ0) is 20.9. The number of rotatable bonds is 5. The van der Waals surface area contributed by atoms with Crippen LogP contribution in [-0.4, -0.2) is 47.2 Å². The number of para-hydroxylation sites is 1. The van der Waals surface area contributed by atoms with Gasteiger partial charge in [0, 0.05) is 49.8 Å². The average molecular weight is 405 g/mol. The van der Waals surface area contributed by atoms with Crippen LogP contribution in [0, 0.1) is 5.92 Å². The lowest BCUT2D eigenvalue weighted by Gasteiger charge is -2.31. The number of hydrogen-bond acceptors (Lipinski definition) is 3. The maximum Gasteiger partial charge on any atom is 0.253 e. The predicted octanol–water partition coefficient (Wildman–Crippen LogP) is 3.30. The molecule has 156 valence electrons. The first-order valence-corrected chi connectivity index (χ1v) is 10.6. The first-order chi connectivity index (χ1) is 14.6. The maximum atomic E-state index is 13.0. The van der Waals surface area contributed by atoms with Crippen molar-refractivity contribution in [2.24, 2.45) is 5.92 Å². The Morgan fingerprint density at radius 3 is 2.43 bits per heavy atom. The first-order valence-electron chi connectivity index (χ1n) is 10.6. The highest BCUT2D eigenvalue weighted by Crippen LogP contribution is 2.22. The summed E-state index contributed by atoms with van der Waals surface area (Å²) in [4.78, 5) is 41.0. The number of amides is 3. The van der Waals surface area contributed by atoms with Crippen LogP contribution in [0.25, 0.3) is 0 Å². The topological polar surface area (TPSA) is 69.7 Å². The second kappa shape index (κ2) is 9.11. The summed E-state index contributed by atoms with van der Waals surface area (Å²) in [5.41, 5.74) is 2.42. The van der Waals surface area contributed by atoms with Crippen LogP contribution in [-0.2, 0) is 16.1 Å². The Hall–Kier alpha value is -3.15. The Morgan fingerprint density at radius 2 is 1.73 bits per heavy atom. The van der Waals surface area contributed by atoms with Crippen molar-refractivity contribution in [1.82, 2.24) is 9.80 Å². The molecule has 4 rings (SSSR count). The molecule has 1 N–H and O–H groups in total. The van der Waals surface area contributed by atoms with Gasteiger partial charge >= 0.3 is 0 Å². The largest absolute Gasteiger partial charge is 0.339 e. The second-order valence-corrected chi connectivity index (χ2v) is 8.04. The molecule has 30 heavy (non-hydrogen) atoms. The maximum absolute atomic E-state index is 13.0. The third kappa shape index (κ3) is 4.70. The van der Waals surface area contributed by atoms with Crippen LogP contribution in [0.5, 0.6) is 0 Å². The number of nitrogens with zero attached hydrogens (tertiary/aromatic N) is 2. The van der Waals surface area contributed by atoms with Gasteiger partial charge in [0.1, 0.15) is 0 Å². The number of carbonyl (C=O) groups excluding carboxylic acids is 3. The Balaban J connectivity index is 1.32. The van der Waals surface area contributed by atoms with Crippen molar-refractivity contribution in [3.63, 3.8) is 0 Å². The van der Waals surface area contributed by atoms with Gasteiger partial charge in [-0.05, 0) is 49.1 Å². The Morgan fingerprint density at radius 1 is 0.967 bits per heavy atom. The fraction of sp³-hybridized carbons (Fsp3) is 0.375. The molecule has 6 heteroatoms. The minimum Gasteiger partial charge on any atom is -0.339 e. The molecule has 2 aromatic carbocycles. The van der Waals surface area contributed by atoms with Crippen molar-refractivity contribution in [3.05, 3.63) is 65.7 Å². The summed E-state index contributed by atoms with van der Waals surface area (Å²) in [6, 6.07) is 17.0. The standard InChI is InChI=1S/C24H27N3O3/c28-22-10-5-13-27(22)17-18-6-4-7-20(16-18)24(30)26-14-11-19(12-15-26)23(29)25-21-8-2-1-3-9-21/h1-4,6-9,16,19H,5,10-15,17H2,(H,25,29). The van der Waals surface area contributed by atoms with Gasteiger partial charge in [-0.25, -0.2) is 0 Å². The van der Waals surface area contributed by atoms with Gasteiger partial charge in [-0.2, -0.15) is 0 Å². The van der Waals surface area contributed by atoms with Crippen molar-refractivity contribution >= 4 is 23.4 Å². The Labute approximate surface area is 176 Å². The number of benzene rings is 2. The van der Waals surface area contributed by atoms with E-state index in [4.69, 9.17) is 0 Å². The Kier molecular flexibility index (Phi) is 6.12. The molecule has 2 aromatic rings. The van der Waals surface area contributed by atoms with Crippen molar-refractivity contribution < 1.29 is 14.4 Å². The van der Waals surface area contributed by atoms with E-state index in [0.29, 0.717) is 44.5 Å². The van der Waals surface area contributed by atoms with Crippen molar-refractivity contribution in [3.8, 4) is 0 Å². The second-order valence-electron chi connectivity index (χ2n) is 8.04. The molecule has 0 aromatic heterocycles. The average Bonchev–Trinajstić information content (AvgIpc) is 3.18. The fourth-order valence-electron chi connectivity index (χ4n) is 4.19. The smallest absolute Gasteiger partial charge is 0.253 e. The van der Waals surface area contributed by atoms with Gasteiger partial charge < -0.3 is 15.1 Å². The SMILES string of the molecule is O=C(Nc1ccccc1)C1CCN(C(=O)c2cccc(CN3CCCC3=O)c2)CC1. The molecule has 0 aliphatic carbocycles. The molecule has 0 atom stereocenters. The van der Waals surface area contributed by atoms with E-state index in [0.717, 1.165) is 24.2 Å². The lowest BCUT2D eigenvalue weighted by molar-refractivity contribution is -0.128. The summed E-state index contributed by atoms with van der Waals surface area (Å²) in [7, 11) is 0. The molecule has 0 radical (unpaired) electrons. The highest BCUT2D eigenvalue weighted by molar-refractivity contribution is 5.95. The minimum atomic E-state index is -0.0817. The molecule has 0 bridgehead atoms. The number of carbonyl (C=O) groups is 3. The quantitative estimate of drug-likeness (QED) is 0.830. The normalized spacial score (nSPS) is 17.3. The minimum absolute atomic E-state index is 0.00786. The summed E-state index contributed by atoms with van der Waals surface area (Å²) < 4.78 is 0. The number of hydrogen-bond donors (Lipinski definition) is 1. The van der Waals surface area contributed by atoms with E-state index in [-0.39, 0.29) is 23.6 Å². The van der Waals surface area contributed by atoms with E-state index in [1.54, 1.807) is 0 Å². The van der Waals surface area contributed by atoms with Crippen LogP contribution in [0.3, 0.4) is 0 Å². The van der Waals surface area contributed by atoms with Crippen LogP contribution >= 0.6 is 0 Å². The van der Waals surface area contributed by atoms with Crippen LogP contribution in [0.2, 0.25) is 0 Å². The molecule has 0 spiro atoms. The van der Waals surface area contributed by atoms with E-state index < -0.39 is 0 Å². The lowest BCUT2D eigenvalue weighted by Crippen LogP contribution is -2.41. The van der Waals surface area contributed by atoms with E-state index in [9.17, 15) is 14.4 Å². The van der Waals surface area contributed by atoms with E-state index in [1.807, 2.05) is 64.4 Å². The van der Waals surface area contributed by atoms with Gasteiger partial charge in [-0.1, -0.05) is 30.3 Å². The molecule has 6 nitrogen and oxygen atoms in total. The molecule has 0 unspecified atom stereocenters. The summed E-state index contributed by atoms with van der Waals surface area (Å²) in [5.74, 6) is 0.112. The molecular formula is C24H27N3O3.